The van der Waals surface area contributed by atoms with E-state index in [-0.39, 0.29) is 11.6 Å². The summed E-state index contributed by atoms with van der Waals surface area (Å²) in [6, 6.07) is 7.59. The van der Waals surface area contributed by atoms with Crippen molar-refractivity contribution in [1.82, 2.24) is 9.97 Å². The van der Waals surface area contributed by atoms with Crippen LogP contribution >= 0.6 is 0 Å². The van der Waals surface area contributed by atoms with E-state index in [1.807, 2.05) is 43.3 Å². The molecule has 2 N–H and O–H groups in total. The summed E-state index contributed by atoms with van der Waals surface area (Å²) < 4.78 is 0. The predicted molar refractivity (Wildman–Crippen MR) is 80.3 cm³/mol. The number of anilines is 3. The van der Waals surface area contributed by atoms with E-state index in [2.05, 4.69) is 20.6 Å². The van der Waals surface area contributed by atoms with Gasteiger partial charge in [-0.05, 0) is 18.2 Å². The van der Waals surface area contributed by atoms with Gasteiger partial charge in [0.05, 0.1) is 12.4 Å². The van der Waals surface area contributed by atoms with E-state index in [1.165, 1.54) is 12.4 Å². The van der Waals surface area contributed by atoms with E-state index < -0.39 is 0 Å². The normalized spacial score (nSPS) is 9.95. The van der Waals surface area contributed by atoms with Crippen LogP contribution < -0.4 is 15.5 Å². The maximum Gasteiger partial charge on any atom is 0.275 e. The molecule has 0 aliphatic carbocycles. The minimum atomic E-state index is -0.281. The molecule has 0 atom stereocenters. The number of hydrogen-bond acceptors (Lipinski definition) is 5. The van der Waals surface area contributed by atoms with Crippen LogP contribution in [0.3, 0.4) is 0 Å². The number of carbonyl (C=O) groups is 1. The van der Waals surface area contributed by atoms with Crippen LogP contribution in [0.1, 0.15) is 10.5 Å². The summed E-state index contributed by atoms with van der Waals surface area (Å²) in [5.74, 6) is 0.340. The van der Waals surface area contributed by atoms with Gasteiger partial charge in [0.1, 0.15) is 11.5 Å². The minimum absolute atomic E-state index is 0.277. The molecule has 6 nitrogen and oxygen atoms in total. The molecular weight excluding hydrogens is 254 g/mol. The second kappa shape index (κ2) is 6.01. The highest BCUT2D eigenvalue weighted by molar-refractivity contribution is 6.02. The molecule has 2 rings (SSSR count). The van der Waals surface area contributed by atoms with Gasteiger partial charge in [0, 0.05) is 32.5 Å². The second-order valence-electron chi connectivity index (χ2n) is 4.44. The fraction of sp³-hybridized carbons (Fsp3) is 0.214. The zero-order chi connectivity index (χ0) is 14.5. The van der Waals surface area contributed by atoms with Crippen LogP contribution in [0.15, 0.2) is 36.7 Å². The van der Waals surface area contributed by atoms with Crippen LogP contribution in [0.4, 0.5) is 17.2 Å². The Morgan fingerprint density at radius 1 is 1.20 bits per heavy atom. The zero-order valence-electron chi connectivity index (χ0n) is 11.7. The average molecular weight is 271 g/mol. The van der Waals surface area contributed by atoms with E-state index in [4.69, 9.17) is 0 Å². The Morgan fingerprint density at radius 3 is 2.60 bits per heavy atom. The van der Waals surface area contributed by atoms with Gasteiger partial charge in [-0.3, -0.25) is 4.79 Å². The summed E-state index contributed by atoms with van der Waals surface area (Å²) >= 11 is 0. The number of nitrogens with zero attached hydrogens (tertiary/aromatic N) is 3. The molecule has 0 saturated carbocycles. The van der Waals surface area contributed by atoms with Crippen LogP contribution in [-0.4, -0.2) is 37.0 Å². The number of aromatic nitrogens is 2. The lowest BCUT2D eigenvalue weighted by atomic mass is 10.2. The number of amides is 1. The molecule has 0 unspecified atom stereocenters. The fourth-order valence-electron chi connectivity index (χ4n) is 1.63. The monoisotopic (exact) mass is 271 g/mol. The van der Waals surface area contributed by atoms with Crippen molar-refractivity contribution in [2.75, 3.05) is 36.7 Å². The van der Waals surface area contributed by atoms with E-state index in [0.717, 1.165) is 11.4 Å². The summed E-state index contributed by atoms with van der Waals surface area (Å²) in [5.41, 5.74) is 2.01. The number of benzene rings is 1. The van der Waals surface area contributed by atoms with Gasteiger partial charge in [0.2, 0.25) is 0 Å². The van der Waals surface area contributed by atoms with Gasteiger partial charge in [0.15, 0.2) is 0 Å². The van der Waals surface area contributed by atoms with Crippen LogP contribution in [0.25, 0.3) is 0 Å². The fourth-order valence-corrected chi connectivity index (χ4v) is 1.63. The summed E-state index contributed by atoms with van der Waals surface area (Å²) in [6.07, 6.45) is 2.96. The Labute approximate surface area is 117 Å². The number of hydrogen-bond donors (Lipinski definition) is 2. The standard InChI is InChI=1S/C14H17N5O/c1-15-13-9-16-12(8-17-13)14(20)18-10-5-4-6-11(7-10)19(2)3/h4-9H,1-3H3,(H,15,17)(H,18,20). The number of nitrogens with one attached hydrogen (secondary N) is 2. The molecule has 0 saturated heterocycles. The zero-order valence-corrected chi connectivity index (χ0v) is 11.7. The first kappa shape index (κ1) is 13.8. The highest BCUT2D eigenvalue weighted by Gasteiger charge is 2.08. The van der Waals surface area contributed by atoms with Crippen molar-refractivity contribution in [3.63, 3.8) is 0 Å². The smallest absolute Gasteiger partial charge is 0.275 e. The van der Waals surface area contributed by atoms with E-state index in [9.17, 15) is 4.79 Å². The highest BCUT2D eigenvalue weighted by atomic mass is 16.1. The quantitative estimate of drug-likeness (QED) is 0.888. The van der Waals surface area contributed by atoms with Gasteiger partial charge < -0.3 is 15.5 Å². The lowest BCUT2D eigenvalue weighted by Gasteiger charge is -2.13. The summed E-state index contributed by atoms with van der Waals surface area (Å²) in [7, 11) is 5.64. The molecule has 1 amide bonds. The third-order valence-electron chi connectivity index (χ3n) is 2.76. The molecule has 1 heterocycles. The Bertz CT molecular complexity index is 595. The third-order valence-corrected chi connectivity index (χ3v) is 2.76. The maximum absolute atomic E-state index is 12.0. The molecule has 104 valence electrons. The summed E-state index contributed by atoms with van der Waals surface area (Å²) in [4.78, 5) is 22.1. The lowest BCUT2D eigenvalue weighted by molar-refractivity contribution is 0.102. The van der Waals surface area contributed by atoms with Crippen LogP contribution in [0.2, 0.25) is 0 Å². The number of carbonyl (C=O) groups excluding carboxylic acids is 1. The van der Waals surface area contributed by atoms with Crippen LogP contribution in [-0.2, 0) is 0 Å². The Balaban J connectivity index is 2.12. The Kier molecular flexibility index (Phi) is 4.14. The van der Waals surface area contributed by atoms with Crippen molar-refractivity contribution < 1.29 is 4.79 Å². The first-order valence-electron chi connectivity index (χ1n) is 6.18. The molecule has 0 fully saturated rings. The Morgan fingerprint density at radius 2 is 2.00 bits per heavy atom. The first-order valence-corrected chi connectivity index (χ1v) is 6.18. The Hall–Kier alpha value is -2.63. The molecule has 1 aromatic carbocycles. The molecule has 0 spiro atoms. The van der Waals surface area contributed by atoms with E-state index in [1.54, 1.807) is 7.05 Å². The molecule has 0 radical (unpaired) electrons. The molecule has 0 aliphatic heterocycles. The third kappa shape index (κ3) is 3.23. The average Bonchev–Trinajstić information content (AvgIpc) is 2.47. The van der Waals surface area contributed by atoms with Crippen molar-refractivity contribution in [1.29, 1.82) is 0 Å². The van der Waals surface area contributed by atoms with Crippen LogP contribution in [0, 0.1) is 0 Å². The summed E-state index contributed by atoms with van der Waals surface area (Å²) in [5, 5.41) is 5.65. The van der Waals surface area contributed by atoms with Crippen molar-refractivity contribution in [3.05, 3.63) is 42.4 Å². The van der Waals surface area contributed by atoms with Gasteiger partial charge in [0.25, 0.3) is 5.91 Å². The van der Waals surface area contributed by atoms with Gasteiger partial charge in [-0.1, -0.05) is 6.07 Å². The molecule has 2 aromatic rings. The van der Waals surface area contributed by atoms with Gasteiger partial charge in [-0.15, -0.1) is 0 Å². The molecule has 0 aliphatic rings. The molecule has 1 aromatic heterocycles. The van der Waals surface area contributed by atoms with Crippen molar-refractivity contribution >= 4 is 23.1 Å². The molecule has 20 heavy (non-hydrogen) atoms. The van der Waals surface area contributed by atoms with E-state index in [0.29, 0.717) is 5.82 Å². The highest BCUT2D eigenvalue weighted by Crippen LogP contribution is 2.17. The van der Waals surface area contributed by atoms with Crippen LogP contribution in [0.5, 0.6) is 0 Å². The maximum atomic E-state index is 12.0. The van der Waals surface area contributed by atoms with Crippen molar-refractivity contribution in [2.24, 2.45) is 0 Å². The number of rotatable bonds is 4. The largest absolute Gasteiger partial charge is 0.378 e. The van der Waals surface area contributed by atoms with Gasteiger partial charge in [-0.25, -0.2) is 9.97 Å². The minimum Gasteiger partial charge on any atom is -0.378 e. The van der Waals surface area contributed by atoms with Crippen molar-refractivity contribution in [3.8, 4) is 0 Å². The topological polar surface area (TPSA) is 70.2 Å². The van der Waals surface area contributed by atoms with E-state index >= 15 is 0 Å². The second-order valence-corrected chi connectivity index (χ2v) is 4.44. The predicted octanol–water partition coefficient (Wildman–Crippen LogP) is 1.84. The first-order chi connectivity index (χ1) is 9.60. The van der Waals surface area contributed by atoms with Gasteiger partial charge >= 0.3 is 0 Å². The molecule has 6 heteroatoms. The SMILES string of the molecule is CNc1cnc(C(=O)Nc2cccc(N(C)C)c2)cn1. The van der Waals surface area contributed by atoms with Crippen molar-refractivity contribution in [2.45, 2.75) is 0 Å². The molecule has 0 bridgehead atoms. The lowest BCUT2D eigenvalue weighted by Crippen LogP contribution is -2.15. The molecular formula is C14H17N5O. The summed E-state index contributed by atoms with van der Waals surface area (Å²) in [6.45, 7) is 0. The van der Waals surface area contributed by atoms with Gasteiger partial charge in [-0.2, -0.15) is 0 Å².